The van der Waals surface area contributed by atoms with E-state index in [0.717, 1.165) is 10.6 Å². The molecule has 11 heteroatoms. The van der Waals surface area contributed by atoms with Gasteiger partial charge in [0.2, 0.25) is 0 Å². The summed E-state index contributed by atoms with van der Waals surface area (Å²) in [5, 5.41) is 8.38. The maximum absolute atomic E-state index is 13.1. The van der Waals surface area contributed by atoms with Crippen LogP contribution < -0.4 is 14.8 Å². The minimum absolute atomic E-state index is 0.104. The molecular weight excluding hydrogens is 498 g/mol. The van der Waals surface area contributed by atoms with Crippen LogP contribution in [0.1, 0.15) is 46.7 Å². The fourth-order valence-corrected chi connectivity index (χ4v) is 3.89. The number of hydrogen-bond donors (Lipinski definition) is 1. The Hall–Kier alpha value is -4.54. The number of amides is 2. The lowest BCUT2D eigenvalue weighted by molar-refractivity contribution is -0.0512. The van der Waals surface area contributed by atoms with E-state index in [1.54, 1.807) is 43.3 Å². The van der Waals surface area contributed by atoms with E-state index in [0.29, 0.717) is 17.5 Å². The molecular formula is C27H26F2N4O5. The van der Waals surface area contributed by atoms with E-state index in [1.807, 2.05) is 19.1 Å². The van der Waals surface area contributed by atoms with Crippen molar-refractivity contribution in [3.05, 3.63) is 89.2 Å². The SMILES string of the molecule is CCC1OC(=O)N(C(NC(=O)c2ccccn2)c2ccc(C)cc2)N=C1c1ccc(OC)c(OC(F)F)c1. The molecule has 2 unspecified atom stereocenters. The van der Waals surface area contributed by atoms with Crippen molar-refractivity contribution in [1.29, 1.82) is 0 Å². The molecule has 2 atom stereocenters. The van der Waals surface area contributed by atoms with E-state index in [2.05, 4.69) is 20.1 Å². The van der Waals surface area contributed by atoms with Gasteiger partial charge in [-0.2, -0.15) is 18.9 Å². The van der Waals surface area contributed by atoms with Gasteiger partial charge in [0, 0.05) is 11.8 Å². The van der Waals surface area contributed by atoms with Gasteiger partial charge in [0.25, 0.3) is 5.91 Å². The fourth-order valence-electron chi connectivity index (χ4n) is 3.89. The Bertz CT molecular complexity index is 1320. The van der Waals surface area contributed by atoms with Gasteiger partial charge in [-0.05, 0) is 49.2 Å². The van der Waals surface area contributed by atoms with Gasteiger partial charge >= 0.3 is 12.7 Å². The number of hydrazone groups is 1. The second-order valence-electron chi connectivity index (χ2n) is 8.36. The number of nitrogens with one attached hydrogen (secondary N) is 1. The number of benzene rings is 2. The number of ether oxygens (including phenoxy) is 3. The number of alkyl halides is 2. The molecule has 1 N–H and O–H groups in total. The molecule has 2 heterocycles. The zero-order chi connectivity index (χ0) is 27.2. The van der Waals surface area contributed by atoms with Crippen molar-refractivity contribution in [3.63, 3.8) is 0 Å². The minimum Gasteiger partial charge on any atom is -0.493 e. The first kappa shape index (κ1) is 26.5. The van der Waals surface area contributed by atoms with Crippen molar-refractivity contribution in [2.75, 3.05) is 7.11 Å². The summed E-state index contributed by atoms with van der Waals surface area (Å²) in [4.78, 5) is 30.2. The van der Waals surface area contributed by atoms with Crippen LogP contribution in [0.25, 0.3) is 0 Å². The number of pyridine rings is 1. The summed E-state index contributed by atoms with van der Waals surface area (Å²) in [6.45, 7) is 0.630. The van der Waals surface area contributed by atoms with Gasteiger partial charge in [-0.25, -0.2) is 4.79 Å². The number of halogens is 2. The standard InChI is InChI=1S/C27H26F2N4O5/c1-4-20-23(18-12-13-21(36-3)22(15-18)37-26(28)29)32-33(27(35)38-20)24(17-10-8-16(2)9-11-17)31-25(34)19-7-5-6-14-30-19/h5-15,20,24,26H,4H2,1-3H3,(H,31,34). The molecule has 0 spiro atoms. The zero-order valence-corrected chi connectivity index (χ0v) is 20.9. The molecule has 0 aliphatic carbocycles. The Morgan fingerprint density at radius 1 is 1.13 bits per heavy atom. The predicted molar refractivity (Wildman–Crippen MR) is 134 cm³/mol. The predicted octanol–water partition coefficient (Wildman–Crippen LogP) is 5.06. The molecule has 198 valence electrons. The van der Waals surface area contributed by atoms with Gasteiger partial charge in [0.1, 0.15) is 17.5 Å². The summed E-state index contributed by atoms with van der Waals surface area (Å²) in [7, 11) is 1.33. The first-order valence-electron chi connectivity index (χ1n) is 11.8. The van der Waals surface area contributed by atoms with E-state index in [-0.39, 0.29) is 22.9 Å². The van der Waals surface area contributed by atoms with E-state index in [1.165, 1.54) is 25.4 Å². The summed E-state index contributed by atoms with van der Waals surface area (Å²) >= 11 is 0. The second-order valence-corrected chi connectivity index (χ2v) is 8.36. The number of carbonyl (C=O) groups is 2. The maximum atomic E-state index is 13.1. The summed E-state index contributed by atoms with van der Waals surface area (Å²) in [6, 6.07) is 16.5. The third kappa shape index (κ3) is 5.88. The van der Waals surface area contributed by atoms with Gasteiger partial charge in [-0.3, -0.25) is 9.78 Å². The Balaban J connectivity index is 1.78. The van der Waals surface area contributed by atoms with Crippen LogP contribution in [0.2, 0.25) is 0 Å². The molecule has 0 saturated carbocycles. The number of nitrogens with zero attached hydrogens (tertiary/aromatic N) is 3. The smallest absolute Gasteiger partial charge is 0.433 e. The molecule has 1 aliphatic rings. The summed E-state index contributed by atoms with van der Waals surface area (Å²) in [6.07, 6.45) is -0.761. The van der Waals surface area contributed by atoms with Crippen LogP contribution in [0.4, 0.5) is 13.6 Å². The van der Waals surface area contributed by atoms with Crippen molar-refractivity contribution >= 4 is 17.7 Å². The van der Waals surface area contributed by atoms with Gasteiger partial charge in [0.15, 0.2) is 17.7 Å². The van der Waals surface area contributed by atoms with E-state index in [4.69, 9.17) is 9.47 Å². The number of cyclic esters (lactones) is 1. The number of aryl methyl sites for hydroxylation is 1. The third-order valence-corrected chi connectivity index (χ3v) is 5.80. The van der Waals surface area contributed by atoms with Crippen molar-refractivity contribution < 1.29 is 32.6 Å². The van der Waals surface area contributed by atoms with Gasteiger partial charge in [0.05, 0.1) is 7.11 Å². The molecule has 2 amide bonds. The van der Waals surface area contributed by atoms with E-state index >= 15 is 0 Å². The number of aromatic nitrogens is 1. The van der Waals surface area contributed by atoms with E-state index < -0.39 is 30.9 Å². The first-order valence-corrected chi connectivity index (χ1v) is 11.8. The number of methoxy groups -OCH3 is 1. The molecule has 0 bridgehead atoms. The highest BCUT2D eigenvalue weighted by Gasteiger charge is 2.37. The summed E-state index contributed by atoms with van der Waals surface area (Å²) < 4.78 is 41.5. The van der Waals surface area contributed by atoms with Crippen molar-refractivity contribution in [2.45, 2.75) is 39.1 Å². The monoisotopic (exact) mass is 524 g/mol. The Morgan fingerprint density at radius 2 is 1.89 bits per heavy atom. The number of hydrogen-bond acceptors (Lipinski definition) is 7. The average Bonchev–Trinajstić information content (AvgIpc) is 2.92. The van der Waals surface area contributed by atoms with Gasteiger partial charge in [-0.1, -0.05) is 42.8 Å². The molecule has 0 fully saturated rings. The molecule has 0 radical (unpaired) electrons. The van der Waals surface area contributed by atoms with Crippen LogP contribution in [0.15, 0.2) is 72.0 Å². The van der Waals surface area contributed by atoms with Crippen LogP contribution in [0.3, 0.4) is 0 Å². The van der Waals surface area contributed by atoms with Gasteiger partial charge in [-0.15, -0.1) is 0 Å². The topological polar surface area (TPSA) is 102 Å². The van der Waals surface area contributed by atoms with Crippen LogP contribution in [-0.2, 0) is 4.74 Å². The highest BCUT2D eigenvalue weighted by Crippen LogP contribution is 2.32. The Labute approximate surface area is 218 Å². The quantitative estimate of drug-likeness (QED) is 0.420. The van der Waals surface area contributed by atoms with Crippen LogP contribution >= 0.6 is 0 Å². The van der Waals surface area contributed by atoms with Crippen LogP contribution in [0.5, 0.6) is 11.5 Å². The normalized spacial score (nSPS) is 15.9. The molecule has 9 nitrogen and oxygen atoms in total. The average molecular weight is 525 g/mol. The lowest BCUT2D eigenvalue weighted by atomic mass is 10.0. The second kappa shape index (κ2) is 11.7. The van der Waals surface area contributed by atoms with Crippen molar-refractivity contribution in [3.8, 4) is 11.5 Å². The van der Waals surface area contributed by atoms with E-state index in [9.17, 15) is 18.4 Å². The van der Waals surface area contributed by atoms with Crippen LogP contribution in [-0.4, -0.2) is 47.5 Å². The summed E-state index contributed by atoms with van der Waals surface area (Å²) in [5.41, 5.74) is 2.35. The van der Waals surface area contributed by atoms with Crippen molar-refractivity contribution in [2.24, 2.45) is 5.10 Å². The molecule has 38 heavy (non-hydrogen) atoms. The lowest BCUT2D eigenvalue weighted by Crippen LogP contribution is -2.48. The molecule has 1 aliphatic heterocycles. The van der Waals surface area contributed by atoms with Crippen LogP contribution in [0, 0.1) is 6.92 Å². The zero-order valence-electron chi connectivity index (χ0n) is 20.9. The maximum Gasteiger partial charge on any atom is 0.433 e. The third-order valence-electron chi connectivity index (χ3n) is 5.80. The Kier molecular flexibility index (Phi) is 8.15. The first-order chi connectivity index (χ1) is 18.3. The van der Waals surface area contributed by atoms with Crippen molar-refractivity contribution in [1.82, 2.24) is 15.3 Å². The molecule has 4 rings (SSSR count). The number of rotatable bonds is 9. The molecule has 1 aromatic heterocycles. The van der Waals surface area contributed by atoms with Gasteiger partial charge < -0.3 is 19.5 Å². The highest BCUT2D eigenvalue weighted by atomic mass is 19.3. The Morgan fingerprint density at radius 3 is 2.53 bits per heavy atom. The fraction of sp³-hybridized carbons (Fsp3) is 0.259. The lowest BCUT2D eigenvalue weighted by Gasteiger charge is -2.34. The highest BCUT2D eigenvalue weighted by molar-refractivity contribution is 6.06. The largest absolute Gasteiger partial charge is 0.493 e. The number of carbonyl (C=O) groups excluding carboxylic acids is 2. The molecule has 3 aromatic rings. The molecule has 0 saturated heterocycles. The minimum atomic E-state index is -3.07. The summed E-state index contributed by atoms with van der Waals surface area (Å²) in [5.74, 6) is -0.623. The molecule has 2 aromatic carbocycles.